The third kappa shape index (κ3) is 5.52. The molecule has 0 unspecified atom stereocenters. The molecule has 0 saturated heterocycles. The van der Waals surface area contributed by atoms with Gasteiger partial charge in [-0.1, -0.05) is 125 Å². The molecular weight excluding hydrogens is 641 g/mol. The van der Waals surface area contributed by atoms with Crippen molar-refractivity contribution in [1.29, 1.82) is 0 Å². The number of hydrogen-bond donors (Lipinski definition) is 0. The number of anilines is 3. The van der Waals surface area contributed by atoms with E-state index in [9.17, 15) is 0 Å². The molecule has 3 aliphatic rings. The first-order chi connectivity index (χ1) is 26.0. The van der Waals surface area contributed by atoms with Crippen LogP contribution in [0.2, 0.25) is 0 Å². The Morgan fingerprint density at radius 2 is 1.08 bits per heavy atom. The molecule has 1 heterocycles. The minimum atomic E-state index is -0.0679. The summed E-state index contributed by atoms with van der Waals surface area (Å²) in [5, 5.41) is 2.62. The topological polar surface area (TPSA) is 8.17 Å². The Morgan fingerprint density at radius 3 is 1.83 bits per heavy atom. The van der Waals surface area contributed by atoms with Gasteiger partial charge in [0.05, 0.1) is 11.0 Å². The lowest BCUT2D eigenvalue weighted by Gasteiger charge is -2.29. The van der Waals surface area contributed by atoms with Crippen LogP contribution in [0.25, 0.3) is 38.6 Å². The summed E-state index contributed by atoms with van der Waals surface area (Å²) in [5.74, 6) is 1.35. The Morgan fingerprint density at radius 1 is 0.472 bits per heavy atom. The molecule has 0 N–H and O–H groups in total. The quantitative estimate of drug-likeness (QED) is 0.169. The number of rotatable bonds is 6. The lowest BCUT2D eigenvalue weighted by Crippen LogP contribution is -2.16. The van der Waals surface area contributed by atoms with Crippen molar-refractivity contribution < 1.29 is 0 Å². The van der Waals surface area contributed by atoms with Gasteiger partial charge < -0.3 is 9.47 Å². The van der Waals surface area contributed by atoms with Gasteiger partial charge in [0.1, 0.15) is 0 Å². The van der Waals surface area contributed by atoms with E-state index in [-0.39, 0.29) is 5.41 Å². The summed E-state index contributed by atoms with van der Waals surface area (Å²) < 4.78 is 2.50. The number of nitrogens with zero attached hydrogens (tertiary/aromatic N) is 2. The SMILES string of the molecule is CC1(C)c2ccccc2-c2ccc(N(c3ccc(C4CCCCC4)cc3)c3ccc4c(c3)c3ccc(C5CCCCC5)cc3n4-c3ccccc3)cc21. The maximum Gasteiger partial charge on any atom is 0.0543 e. The second-order valence-electron chi connectivity index (χ2n) is 16.6. The summed E-state index contributed by atoms with van der Waals surface area (Å²) in [5.41, 5.74) is 15.9. The molecule has 2 saturated carbocycles. The van der Waals surface area contributed by atoms with Crippen molar-refractivity contribution in [2.45, 2.75) is 95.3 Å². The van der Waals surface area contributed by atoms with Crippen LogP contribution in [0.3, 0.4) is 0 Å². The van der Waals surface area contributed by atoms with Crippen LogP contribution >= 0.6 is 0 Å². The second-order valence-corrected chi connectivity index (χ2v) is 16.6. The molecule has 0 atom stereocenters. The Bertz CT molecular complexity index is 2440. The van der Waals surface area contributed by atoms with E-state index in [1.54, 1.807) is 0 Å². The first-order valence-electron chi connectivity index (χ1n) is 20.3. The standard InChI is InChI=1S/C51H50N2/c1-51(2)47-21-13-12-20-43(47)44-30-27-42(34-48(44)51)52(40-25-22-37(23-26-40)35-14-6-3-7-15-35)41-28-31-49-46(33-41)45-29-24-38(36-16-8-4-9-17-36)32-50(45)53(49)39-18-10-5-11-19-39/h5,10-13,18-36H,3-4,6-9,14-17H2,1-2H3. The highest BCUT2D eigenvalue weighted by Crippen LogP contribution is 2.51. The second kappa shape index (κ2) is 13.1. The maximum atomic E-state index is 2.51. The number of para-hydroxylation sites is 1. The fourth-order valence-corrected chi connectivity index (χ4v) is 10.3. The maximum absolute atomic E-state index is 2.51. The van der Waals surface area contributed by atoms with Crippen LogP contribution in [0.4, 0.5) is 17.1 Å². The fraction of sp³-hybridized carbons (Fsp3) is 0.294. The van der Waals surface area contributed by atoms with Crippen molar-refractivity contribution in [2.75, 3.05) is 4.90 Å². The van der Waals surface area contributed by atoms with Gasteiger partial charge >= 0.3 is 0 Å². The molecule has 3 aliphatic carbocycles. The highest BCUT2D eigenvalue weighted by Gasteiger charge is 2.36. The van der Waals surface area contributed by atoms with Gasteiger partial charge in [-0.3, -0.25) is 0 Å². The van der Waals surface area contributed by atoms with Gasteiger partial charge in [0, 0.05) is 38.9 Å². The van der Waals surface area contributed by atoms with Crippen molar-refractivity contribution in [1.82, 2.24) is 4.57 Å². The molecule has 1 aromatic heterocycles. The van der Waals surface area contributed by atoms with Crippen molar-refractivity contribution in [3.8, 4) is 16.8 Å². The summed E-state index contributed by atoms with van der Waals surface area (Å²) in [6.07, 6.45) is 13.4. The van der Waals surface area contributed by atoms with E-state index in [1.807, 2.05) is 0 Å². The minimum absolute atomic E-state index is 0.0679. The normalized spacial score (nSPS) is 17.2. The largest absolute Gasteiger partial charge is 0.310 e. The molecular formula is C51H50N2. The van der Waals surface area contributed by atoms with Gasteiger partial charge in [-0.2, -0.15) is 0 Å². The smallest absolute Gasteiger partial charge is 0.0543 e. The van der Waals surface area contributed by atoms with E-state index in [0.717, 1.165) is 0 Å². The minimum Gasteiger partial charge on any atom is -0.310 e. The molecule has 10 rings (SSSR count). The van der Waals surface area contributed by atoms with Crippen molar-refractivity contribution in [3.05, 3.63) is 156 Å². The van der Waals surface area contributed by atoms with Gasteiger partial charge in [0.2, 0.25) is 0 Å². The average Bonchev–Trinajstić information content (AvgIpc) is 3.66. The van der Waals surface area contributed by atoms with Gasteiger partial charge in [-0.25, -0.2) is 0 Å². The van der Waals surface area contributed by atoms with Crippen molar-refractivity contribution in [2.24, 2.45) is 0 Å². The van der Waals surface area contributed by atoms with Gasteiger partial charge in [-0.05, 0) is 132 Å². The fourth-order valence-electron chi connectivity index (χ4n) is 10.3. The lowest BCUT2D eigenvalue weighted by atomic mass is 9.82. The molecule has 0 aliphatic heterocycles. The molecule has 6 aromatic carbocycles. The van der Waals surface area contributed by atoms with E-state index in [1.165, 1.54) is 142 Å². The van der Waals surface area contributed by atoms with Crippen LogP contribution < -0.4 is 4.90 Å². The van der Waals surface area contributed by atoms with Gasteiger partial charge in [0.25, 0.3) is 0 Å². The Kier molecular flexibility index (Phi) is 8.05. The van der Waals surface area contributed by atoms with E-state index in [0.29, 0.717) is 11.8 Å². The lowest BCUT2D eigenvalue weighted by molar-refractivity contribution is 0.443. The molecule has 0 bridgehead atoms. The zero-order valence-corrected chi connectivity index (χ0v) is 31.3. The summed E-state index contributed by atoms with van der Waals surface area (Å²) >= 11 is 0. The third-order valence-electron chi connectivity index (χ3n) is 13.2. The predicted molar refractivity (Wildman–Crippen MR) is 225 cm³/mol. The van der Waals surface area contributed by atoms with Crippen molar-refractivity contribution >= 4 is 38.9 Å². The van der Waals surface area contributed by atoms with E-state index in [2.05, 4.69) is 157 Å². The highest BCUT2D eigenvalue weighted by atomic mass is 15.1. The average molecular weight is 691 g/mol. The van der Waals surface area contributed by atoms with Crippen LogP contribution in [-0.4, -0.2) is 4.57 Å². The molecule has 0 spiro atoms. The first kappa shape index (κ1) is 32.6. The summed E-state index contributed by atoms with van der Waals surface area (Å²) in [7, 11) is 0. The number of hydrogen-bond acceptors (Lipinski definition) is 1. The molecule has 0 radical (unpaired) electrons. The van der Waals surface area contributed by atoms with E-state index in [4.69, 9.17) is 0 Å². The molecule has 2 nitrogen and oxygen atoms in total. The Balaban J connectivity index is 1.15. The third-order valence-corrected chi connectivity index (χ3v) is 13.2. The molecule has 2 heteroatoms. The van der Waals surface area contributed by atoms with Crippen LogP contribution in [0.1, 0.15) is 112 Å². The van der Waals surface area contributed by atoms with Gasteiger partial charge in [-0.15, -0.1) is 0 Å². The van der Waals surface area contributed by atoms with Crippen LogP contribution in [0.15, 0.2) is 133 Å². The number of fused-ring (bicyclic) bond motifs is 6. The molecule has 0 amide bonds. The summed E-state index contributed by atoms with van der Waals surface area (Å²) in [6.45, 7) is 4.77. The van der Waals surface area contributed by atoms with Crippen LogP contribution in [0.5, 0.6) is 0 Å². The molecule has 53 heavy (non-hydrogen) atoms. The first-order valence-corrected chi connectivity index (χ1v) is 20.3. The van der Waals surface area contributed by atoms with Crippen LogP contribution in [-0.2, 0) is 5.41 Å². The highest BCUT2D eigenvalue weighted by molar-refractivity contribution is 6.11. The Hall–Kier alpha value is -5.08. The Labute approximate surface area is 315 Å². The molecule has 264 valence electrons. The molecule has 7 aromatic rings. The van der Waals surface area contributed by atoms with Gasteiger partial charge in [0.15, 0.2) is 0 Å². The predicted octanol–water partition coefficient (Wildman–Crippen LogP) is 14.7. The summed E-state index contributed by atoms with van der Waals surface area (Å²) in [6, 6.07) is 51.3. The molecule has 2 fully saturated rings. The van der Waals surface area contributed by atoms with E-state index >= 15 is 0 Å². The number of benzene rings is 6. The van der Waals surface area contributed by atoms with Crippen molar-refractivity contribution in [3.63, 3.8) is 0 Å². The summed E-state index contributed by atoms with van der Waals surface area (Å²) in [4.78, 5) is 2.51. The van der Waals surface area contributed by atoms with Crippen LogP contribution in [0, 0.1) is 0 Å². The monoisotopic (exact) mass is 690 g/mol. The number of aromatic nitrogens is 1. The zero-order valence-electron chi connectivity index (χ0n) is 31.3. The zero-order chi connectivity index (χ0) is 35.5. The van der Waals surface area contributed by atoms with E-state index < -0.39 is 0 Å².